The summed E-state index contributed by atoms with van der Waals surface area (Å²) < 4.78 is 24.8. The molecule has 1 unspecified atom stereocenters. The summed E-state index contributed by atoms with van der Waals surface area (Å²) in [5.74, 6) is 0.624. The van der Waals surface area contributed by atoms with Crippen molar-refractivity contribution in [2.75, 3.05) is 31.2 Å². The van der Waals surface area contributed by atoms with E-state index in [4.69, 9.17) is 9.47 Å². The van der Waals surface area contributed by atoms with Gasteiger partial charge in [-0.25, -0.2) is 19.3 Å². The SMILES string of the molecule is Cc1nc(COCCC2CCOC23CN(c2ncc(F)cn2)C3)cs1. The molecule has 134 valence electrons. The first kappa shape index (κ1) is 16.8. The summed E-state index contributed by atoms with van der Waals surface area (Å²) in [4.78, 5) is 14.5. The lowest BCUT2D eigenvalue weighted by Crippen LogP contribution is -2.65. The lowest BCUT2D eigenvalue weighted by atomic mass is 9.79. The van der Waals surface area contributed by atoms with E-state index in [1.807, 2.05) is 17.2 Å². The van der Waals surface area contributed by atoms with Gasteiger partial charge in [0.25, 0.3) is 0 Å². The van der Waals surface area contributed by atoms with Crippen LogP contribution in [0.4, 0.5) is 10.3 Å². The molecule has 2 aromatic heterocycles. The molecule has 8 heteroatoms. The van der Waals surface area contributed by atoms with Gasteiger partial charge in [-0.2, -0.15) is 0 Å². The van der Waals surface area contributed by atoms with Gasteiger partial charge in [0.15, 0.2) is 5.82 Å². The third kappa shape index (κ3) is 3.51. The van der Waals surface area contributed by atoms with Gasteiger partial charge >= 0.3 is 0 Å². The van der Waals surface area contributed by atoms with Crippen LogP contribution in [0.15, 0.2) is 17.8 Å². The highest BCUT2D eigenvalue weighted by Gasteiger charge is 2.53. The van der Waals surface area contributed by atoms with Crippen molar-refractivity contribution in [3.8, 4) is 0 Å². The van der Waals surface area contributed by atoms with Crippen molar-refractivity contribution in [2.45, 2.75) is 32.0 Å². The van der Waals surface area contributed by atoms with Crippen LogP contribution in [-0.4, -0.2) is 46.9 Å². The molecule has 4 heterocycles. The lowest BCUT2D eigenvalue weighted by molar-refractivity contribution is -0.0516. The summed E-state index contributed by atoms with van der Waals surface area (Å²) in [6.07, 6.45) is 4.43. The molecule has 6 nitrogen and oxygen atoms in total. The number of halogens is 1. The molecular formula is C17H21FN4O2S. The van der Waals surface area contributed by atoms with Crippen LogP contribution in [0.2, 0.25) is 0 Å². The Labute approximate surface area is 150 Å². The normalized spacial score (nSPS) is 21.7. The van der Waals surface area contributed by atoms with Gasteiger partial charge in [-0.15, -0.1) is 11.3 Å². The van der Waals surface area contributed by atoms with E-state index in [-0.39, 0.29) is 5.60 Å². The number of aryl methyl sites for hydroxylation is 1. The van der Waals surface area contributed by atoms with Crippen LogP contribution >= 0.6 is 11.3 Å². The van der Waals surface area contributed by atoms with Crippen LogP contribution in [0.1, 0.15) is 23.5 Å². The van der Waals surface area contributed by atoms with E-state index in [2.05, 4.69) is 15.0 Å². The Morgan fingerprint density at radius 3 is 2.92 bits per heavy atom. The molecule has 2 aromatic rings. The molecule has 0 bridgehead atoms. The summed E-state index contributed by atoms with van der Waals surface area (Å²) in [6, 6.07) is 0. The first-order valence-corrected chi connectivity index (χ1v) is 9.38. The highest BCUT2D eigenvalue weighted by atomic mass is 32.1. The maximum absolute atomic E-state index is 12.9. The van der Waals surface area contributed by atoms with Crippen LogP contribution in [0, 0.1) is 18.7 Å². The number of aromatic nitrogens is 3. The molecule has 2 saturated heterocycles. The highest BCUT2D eigenvalue weighted by Crippen LogP contribution is 2.42. The Bertz CT molecular complexity index is 718. The third-order valence-corrected chi connectivity index (χ3v) is 5.76. The van der Waals surface area contributed by atoms with Gasteiger partial charge in [0.1, 0.15) is 5.60 Å². The zero-order valence-corrected chi connectivity index (χ0v) is 15.0. The summed E-state index contributed by atoms with van der Waals surface area (Å²) in [7, 11) is 0. The topological polar surface area (TPSA) is 60.4 Å². The van der Waals surface area contributed by atoms with Crippen LogP contribution in [0.5, 0.6) is 0 Å². The predicted molar refractivity (Wildman–Crippen MR) is 92.1 cm³/mol. The van der Waals surface area contributed by atoms with Crippen LogP contribution in [-0.2, 0) is 16.1 Å². The second kappa shape index (κ2) is 6.93. The maximum atomic E-state index is 12.9. The highest BCUT2D eigenvalue weighted by molar-refractivity contribution is 7.09. The lowest BCUT2D eigenvalue weighted by Gasteiger charge is -2.50. The monoisotopic (exact) mass is 364 g/mol. The number of anilines is 1. The zero-order chi connectivity index (χ0) is 17.3. The Balaban J connectivity index is 1.26. The van der Waals surface area contributed by atoms with Gasteiger partial charge in [-0.3, -0.25) is 0 Å². The fraction of sp³-hybridized carbons (Fsp3) is 0.588. The minimum atomic E-state index is -0.415. The molecule has 2 fully saturated rings. The summed E-state index contributed by atoms with van der Waals surface area (Å²) >= 11 is 1.65. The fourth-order valence-electron chi connectivity index (χ4n) is 3.63. The van der Waals surface area contributed by atoms with Crippen molar-refractivity contribution < 1.29 is 13.9 Å². The quantitative estimate of drug-likeness (QED) is 0.735. The molecule has 2 aliphatic heterocycles. The minimum absolute atomic E-state index is 0.127. The van der Waals surface area contributed by atoms with Crippen LogP contribution in [0.3, 0.4) is 0 Å². The van der Waals surface area contributed by atoms with Crippen LogP contribution in [0.25, 0.3) is 0 Å². The van der Waals surface area contributed by atoms with Crippen molar-refractivity contribution in [3.05, 3.63) is 34.3 Å². The largest absolute Gasteiger partial charge is 0.375 e. The number of ether oxygens (including phenoxy) is 2. The maximum Gasteiger partial charge on any atom is 0.225 e. The molecule has 4 rings (SSSR count). The van der Waals surface area contributed by atoms with Crippen molar-refractivity contribution in [1.29, 1.82) is 0 Å². The number of rotatable bonds is 6. The van der Waals surface area contributed by atoms with Gasteiger partial charge in [0.2, 0.25) is 5.95 Å². The molecule has 1 spiro atoms. The van der Waals surface area contributed by atoms with Gasteiger partial charge in [-0.05, 0) is 25.7 Å². The average Bonchev–Trinajstić information content (AvgIpc) is 3.17. The summed E-state index contributed by atoms with van der Waals surface area (Å²) in [6.45, 7) is 5.58. The Kier molecular flexibility index (Phi) is 4.66. The van der Waals surface area contributed by atoms with Gasteiger partial charge in [-0.1, -0.05) is 0 Å². The minimum Gasteiger partial charge on any atom is -0.375 e. The van der Waals surface area contributed by atoms with Gasteiger partial charge < -0.3 is 14.4 Å². The number of nitrogens with zero attached hydrogens (tertiary/aromatic N) is 4. The second-order valence-electron chi connectivity index (χ2n) is 6.66. The second-order valence-corrected chi connectivity index (χ2v) is 7.72. The van der Waals surface area contributed by atoms with Crippen molar-refractivity contribution in [1.82, 2.24) is 15.0 Å². The first-order valence-electron chi connectivity index (χ1n) is 8.50. The molecule has 0 N–H and O–H groups in total. The average molecular weight is 364 g/mol. The number of hydrogen-bond donors (Lipinski definition) is 0. The van der Waals surface area contributed by atoms with E-state index < -0.39 is 5.82 Å². The standard InChI is InChI=1S/C17H21FN4O2S/c1-12-21-15(9-25-12)8-23-4-2-13-3-5-24-17(13)10-22(11-17)16-19-6-14(18)7-20-16/h6-7,9,13H,2-5,8,10-11H2,1H3. The van der Waals surface area contributed by atoms with Crippen molar-refractivity contribution in [2.24, 2.45) is 5.92 Å². The van der Waals surface area contributed by atoms with E-state index in [0.29, 0.717) is 25.1 Å². The van der Waals surface area contributed by atoms with E-state index in [9.17, 15) is 4.39 Å². The molecular weight excluding hydrogens is 343 g/mol. The van der Waals surface area contributed by atoms with E-state index >= 15 is 0 Å². The van der Waals surface area contributed by atoms with Crippen molar-refractivity contribution >= 4 is 17.3 Å². The molecule has 0 amide bonds. The Morgan fingerprint density at radius 2 is 2.20 bits per heavy atom. The van der Waals surface area contributed by atoms with Crippen molar-refractivity contribution in [3.63, 3.8) is 0 Å². The molecule has 25 heavy (non-hydrogen) atoms. The van der Waals surface area contributed by atoms with E-state index in [1.165, 1.54) is 12.4 Å². The van der Waals surface area contributed by atoms with Crippen LogP contribution < -0.4 is 4.90 Å². The van der Waals surface area contributed by atoms with E-state index in [1.54, 1.807) is 11.3 Å². The predicted octanol–water partition coefficient (Wildman–Crippen LogP) is 2.58. The zero-order valence-electron chi connectivity index (χ0n) is 14.2. The Hall–Kier alpha value is -1.64. The molecule has 2 aliphatic rings. The third-order valence-electron chi connectivity index (χ3n) is 4.93. The smallest absolute Gasteiger partial charge is 0.225 e. The molecule has 1 atom stereocenters. The number of thiazole rings is 1. The molecule has 0 aromatic carbocycles. The van der Waals surface area contributed by atoms with E-state index in [0.717, 1.165) is 43.2 Å². The first-order chi connectivity index (χ1) is 12.1. The summed E-state index contributed by atoms with van der Waals surface area (Å²) in [5.41, 5.74) is 0.876. The van der Waals surface area contributed by atoms with Gasteiger partial charge in [0, 0.05) is 18.6 Å². The fourth-order valence-corrected chi connectivity index (χ4v) is 4.23. The summed E-state index contributed by atoms with van der Waals surface area (Å²) in [5, 5.41) is 3.11. The Morgan fingerprint density at radius 1 is 1.40 bits per heavy atom. The molecule has 0 radical (unpaired) electrons. The molecule has 0 saturated carbocycles. The van der Waals surface area contributed by atoms with Gasteiger partial charge in [0.05, 0.1) is 42.8 Å². The molecule has 0 aliphatic carbocycles. The number of hydrogen-bond acceptors (Lipinski definition) is 7.